The molecule has 0 aliphatic heterocycles. The summed E-state index contributed by atoms with van der Waals surface area (Å²) in [5.41, 5.74) is 0.376. The molecule has 4 nitrogen and oxygen atoms in total. The van der Waals surface area contributed by atoms with Crippen LogP contribution in [0.25, 0.3) is 0 Å². The maximum absolute atomic E-state index is 13.3. The molecule has 1 aliphatic rings. The zero-order valence-electron chi connectivity index (χ0n) is 15.0. The molecule has 0 bridgehead atoms. The van der Waals surface area contributed by atoms with E-state index in [2.05, 4.69) is 0 Å². The van der Waals surface area contributed by atoms with Crippen LogP contribution in [0.15, 0.2) is 59.5 Å². The Morgan fingerprint density at radius 1 is 1.00 bits per heavy atom. The first-order valence-corrected chi connectivity index (χ1v) is 10.8. The zero-order chi connectivity index (χ0) is 19.3. The number of esters is 1. The molecule has 2 aromatic carbocycles. The summed E-state index contributed by atoms with van der Waals surface area (Å²) in [5, 5.41) is -1.11. The van der Waals surface area contributed by atoms with E-state index in [1.54, 1.807) is 18.2 Å². The van der Waals surface area contributed by atoms with Gasteiger partial charge in [-0.1, -0.05) is 36.8 Å². The van der Waals surface area contributed by atoms with Gasteiger partial charge in [0, 0.05) is 0 Å². The Labute approximate surface area is 159 Å². The molecule has 0 heterocycles. The van der Waals surface area contributed by atoms with Crippen molar-refractivity contribution in [1.29, 1.82) is 0 Å². The van der Waals surface area contributed by atoms with Gasteiger partial charge < -0.3 is 4.74 Å². The van der Waals surface area contributed by atoms with Crippen molar-refractivity contribution in [3.8, 4) is 0 Å². The van der Waals surface area contributed by atoms with Crippen LogP contribution in [-0.2, 0) is 19.4 Å². The van der Waals surface area contributed by atoms with Crippen LogP contribution in [0, 0.1) is 5.82 Å². The molecule has 0 N–H and O–H groups in total. The lowest BCUT2D eigenvalue weighted by Gasteiger charge is -2.23. The van der Waals surface area contributed by atoms with Gasteiger partial charge in [-0.15, -0.1) is 0 Å². The molecule has 144 valence electrons. The molecule has 1 aliphatic carbocycles. The molecule has 3 rings (SSSR count). The summed E-state index contributed by atoms with van der Waals surface area (Å²) >= 11 is 0. The number of rotatable bonds is 6. The molecule has 1 unspecified atom stereocenters. The number of ether oxygens (including phenoxy) is 1. The van der Waals surface area contributed by atoms with Gasteiger partial charge in [0.05, 0.1) is 11.3 Å². The summed E-state index contributed by atoms with van der Waals surface area (Å²) in [6, 6.07) is 13.2. The van der Waals surface area contributed by atoms with Crippen LogP contribution in [-0.4, -0.2) is 20.5 Å². The smallest absolute Gasteiger partial charge is 0.307 e. The average molecular weight is 390 g/mol. The first-order chi connectivity index (χ1) is 13.0. The maximum atomic E-state index is 13.3. The standard InChI is InChI=1S/C21H23FO4S/c22-17-13-11-16(12-14-17)20(27(24,25)19-9-5-2-6-10-19)15-21(23)26-18-7-3-1-4-8-18/h2,5-6,9-14,18,20H,1,3-4,7-8,15H2. The summed E-state index contributed by atoms with van der Waals surface area (Å²) < 4.78 is 45.1. The lowest BCUT2D eigenvalue weighted by atomic mass is 9.98. The number of hydrogen-bond donors (Lipinski definition) is 0. The Kier molecular flexibility index (Phi) is 6.26. The second-order valence-corrected chi connectivity index (χ2v) is 8.98. The van der Waals surface area contributed by atoms with E-state index in [1.807, 2.05) is 0 Å². The fraction of sp³-hybridized carbons (Fsp3) is 0.381. The second-order valence-electron chi connectivity index (χ2n) is 6.85. The number of carbonyl (C=O) groups excluding carboxylic acids is 1. The van der Waals surface area contributed by atoms with Gasteiger partial charge in [-0.2, -0.15) is 0 Å². The van der Waals surface area contributed by atoms with Crippen molar-refractivity contribution < 1.29 is 22.3 Å². The molecular weight excluding hydrogens is 367 g/mol. The van der Waals surface area contributed by atoms with Crippen molar-refractivity contribution in [1.82, 2.24) is 0 Å². The third-order valence-corrected chi connectivity index (χ3v) is 7.01. The van der Waals surface area contributed by atoms with E-state index in [0.717, 1.165) is 32.1 Å². The van der Waals surface area contributed by atoms with E-state index >= 15 is 0 Å². The Hall–Kier alpha value is -2.21. The Bertz CT molecular complexity index is 857. The van der Waals surface area contributed by atoms with Crippen LogP contribution in [0.3, 0.4) is 0 Å². The molecule has 0 amide bonds. The minimum absolute atomic E-state index is 0.129. The van der Waals surface area contributed by atoms with E-state index in [0.29, 0.717) is 5.56 Å². The van der Waals surface area contributed by atoms with Gasteiger partial charge in [0.25, 0.3) is 0 Å². The van der Waals surface area contributed by atoms with Gasteiger partial charge in [0.1, 0.15) is 17.2 Å². The number of benzene rings is 2. The molecule has 6 heteroatoms. The third kappa shape index (κ3) is 4.95. The topological polar surface area (TPSA) is 60.4 Å². The van der Waals surface area contributed by atoms with Crippen LogP contribution in [0.5, 0.6) is 0 Å². The van der Waals surface area contributed by atoms with Gasteiger partial charge in [-0.3, -0.25) is 4.79 Å². The van der Waals surface area contributed by atoms with Crippen molar-refractivity contribution in [2.45, 2.75) is 54.8 Å². The van der Waals surface area contributed by atoms with Crippen LogP contribution in [0.2, 0.25) is 0 Å². The lowest BCUT2D eigenvalue weighted by molar-refractivity contribution is -0.150. The molecule has 1 saturated carbocycles. The fourth-order valence-corrected chi connectivity index (χ4v) is 5.16. The van der Waals surface area contributed by atoms with Gasteiger partial charge in [0.15, 0.2) is 9.84 Å². The maximum Gasteiger partial charge on any atom is 0.307 e. The number of hydrogen-bond acceptors (Lipinski definition) is 4. The summed E-state index contributed by atoms with van der Waals surface area (Å²) in [6.45, 7) is 0. The molecule has 0 aromatic heterocycles. The first-order valence-electron chi connectivity index (χ1n) is 9.21. The Balaban J connectivity index is 1.86. The van der Waals surface area contributed by atoms with E-state index in [9.17, 15) is 17.6 Å². The van der Waals surface area contributed by atoms with E-state index in [-0.39, 0.29) is 17.4 Å². The third-order valence-electron chi connectivity index (χ3n) is 4.89. The molecular formula is C21H23FO4S. The van der Waals surface area contributed by atoms with Gasteiger partial charge >= 0.3 is 5.97 Å². The molecule has 2 aromatic rings. The SMILES string of the molecule is O=C(CC(c1ccc(F)cc1)S(=O)(=O)c1ccccc1)OC1CCCCC1. The highest BCUT2D eigenvalue weighted by molar-refractivity contribution is 7.91. The van der Waals surface area contributed by atoms with Crippen LogP contribution in [0.4, 0.5) is 4.39 Å². The van der Waals surface area contributed by atoms with Gasteiger partial charge in [-0.25, -0.2) is 12.8 Å². The van der Waals surface area contributed by atoms with Crippen molar-refractivity contribution in [3.05, 3.63) is 66.0 Å². The van der Waals surface area contributed by atoms with Crippen LogP contribution in [0.1, 0.15) is 49.3 Å². The number of carbonyl (C=O) groups is 1. The highest BCUT2D eigenvalue weighted by Crippen LogP contribution is 2.33. The van der Waals surface area contributed by atoms with E-state index < -0.39 is 26.9 Å². The highest BCUT2D eigenvalue weighted by atomic mass is 32.2. The predicted molar refractivity (Wildman–Crippen MR) is 100 cm³/mol. The Morgan fingerprint density at radius 3 is 2.26 bits per heavy atom. The largest absolute Gasteiger partial charge is 0.462 e. The normalized spacial score (nSPS) is 16.6. The molecule has 27 heavy (non-hydrogen) atoms. The summed E-state index contributed by atoms with van der Waals surface area (Å²) in [7, 11) is -3.83. The Morgan fingerprint density at radius 2 is 1.63 bits per heavy atom. The fourth-order valence-electron chi connectivity index (χ4n) is 3.43. The van der Waals surface area contributed by atoms with Crippen molar-refractivity contribution in [3.63, 3.8) is 0 Å². The molecule has 0 radical (unpaired) electrons. The number of sulfone groups is 1. The monoisotopic (exact) mass is 390 g/mol. The predicted octanol–water partition coefficient (Wildman–Crippen LogP) is 4.61. The highest BCUT2D eigenvalue weighted by Gasteiger charge is 2.32. The van der Waals surface area contributed by atoms with Gasteiger partial charge in [-0.05, 0) is 55.5 Å². The summed E-state index contributed by atoms with van der Waals surface area (Å²) in [5.74, 6) is -0.991. The first kappa shape index (κ1) is 19.5. The summed E-state index contributed by atoms with van der Waals surface area (Å²) in [4.78, 5) is 12.6. The molecule has 1 atom stereocenters. The molecule has 0 saturated heterocycles. The second kappa shape index (κ2) is 8.65. The molecule has 1 fully saturated rings. The zero-order valence-corrected chi connectivity index (χ0v) is 15.8. The van der Waals surface area contributed by atoms with Crippen molar-refractivity contribution >= 4 is 15.8 Å². The minimum Gasteiger partial charge on any atom is -0.462 e. The lowest BCUT2D eigenvalue weighted by Crippen LogP contribution is -2.24. The van der Waals surface area contributed by atoms with Crippen LogP contribution < -0.4 is 0 Å². The number of halogens is 1. The minimum atomic E-state index is -3.83. The van der Waals surface area contributed by atoms with Crippen molar-refractivity contribution in [2.24, 2.45) is 0 Å². The van der Waals surface area contributed by atoms with Crippen LogP contribution >= 0.6 is 0 Å². The van der Waals surface area contributed by atoms with Crippen molar-refractivity contribution in [2.75, 3.05) is 0 Å². The average Bonchev–Trinajstić information content (AvgIpc) is 2.68. The molecule has 0 spiro atoms. The van der Waals surface area contributed by atoms with Gasteiger partial charge in [0.2, 0.25) is 0 Å². The van der Waals surface area contributed by atoms with E-state index in [4.69, 9.17) is 4.74 Å². The quantitative estimate of drug-likeness (QED) is 0.676. The van der Waals surface area contributed by atoms with E-state index in [1.165, 1.54) is 36.4 Å². The summed E-state index contributed by atoms with van der Waals surface area (Å²) in [6.07, 6.45) is 4.37.